The highest BCUT2D eigenvalue weighted by atomic mass is 32.1. The van der Waals surface area contributed by atoms with Gasteiger partial charge in [0.25, 0.3) is 0 Å². The Balaban J connectivity index is 1.40. The van der Waals surface area contributed by atoms with E-state index >= 15 is 0 Å². The SMILES string of the molecule is Cc1csc([C@H](Cc2ccsc2)NC(=O)C23C[C@H]4C[C@@H](CC(O)(C4)C2)C3)n1. The van der Waals surface area contributed by atoms with E-state index in [0.29, 0.717) is 18.3 Å². The van der Waals surface area contributed by atoms with Crippen molar-refractivity contribution in [1.82, 2.24) is 10.3 Å². The molecule has 0 aromatic carbocycles. The average Bonchev–Trinajstić information content (AvgIpc) is 3.23. The Bertz CT molecular complexity index is 830. The number of amides is 1. The second kappa shape index (κ2) is 6.39. The van der Waals surface area contributed by atoms with E-state index in [9.17, 15) is 9.90 Å². The Morgan fingerprint density at radius 1 is 1.33 bits per heavy atom. The molecule has 0 spiro atoms. The third-order valence-corrected chi connectivity index (χ3v) is 8.58. The molecular formula is C21H26N2O2S2. The van der Waals surface area contributed by atoms with Gasteiger partial charge in [0.1, 0.15) is 5.01 Å². The van der Waals surface area contributed by atoms with Gasteiger partial charge in [-0.25, -0.2) is 4.98 Å². The van der Waals surface area contributed by atoms with Crippen molar-refractivity contribution in [2.45, 2.75) is 63.5 Å². The number of aliphatic hydroxyl groups is 1. The van der Waals surface area contributed by atoms with Crippen molar-refractivity contribution in [2.75, 3.05) is 0 Å². The van der Waals surface area contributed by atoms with Gasteiger partial charge in [0.2, 0.25) is 5.91 Å². The van der Waals surface area contributed by atoms with Crippen LogP contribution in [0.2, 0.25) is 0 Å². The first-order valence-electron chi connectivity index (χ1n) is 9.90. The number of carbonyl (C=O) groups is 1. The summed E-state index contributed by atoms with van der Waals surface area (Å²) in [6, 6.07) is 2.03. The molecule has 4 fully saturated rings. The van der Waals surface area contributed by atoms with Crippen LogP contribution in [0.5, 0.6) is 0 Å². The van der Waals surface area contributed by atoms with E-state index in [4.69, 9.17) is 0 Å². The summed E-state index contributed by atoms with van der Waals surface area (Å²) < 4.78 is 0. The summed E-state index contributed by atoms with van der Waals surface area (Å²) >= 11 is 3.31. The predicted molar refractivity (Wildman–Crippen MR) is 108 cm³/mol. The Kier molecular flexibility index (Phi) is 4.22. The molecule has 4 nitrogen and oxygen atoms in total. The van der Waals surface area contributed by atoms with E-state index in [0.717, 1.165) is 42.8 Å². The van der Waals surface area contributed by atoms with E-state index in [-0.39, 0.29) is 17.4 Å². The Morgan fingerprint density at radius 2 is 2.11 bits per heavy atom. The Labute approximate surface area is 168 Å². The zero-order valence-corrected chi connectivity index (χ0v) is 17.2. The molecule has 4 bridgehead atoms. The minimum atomic E-state index is -0.609. The lowest BCUT2D eigenvalue weighted by Gasteiger charge is -2.59. The van der Waals surface area contributed by atoms with Crippen LogP contribution in [0.25, 0.3) is 0 Å². The molecule has 27 heavy (non-hydrogen) atoms. The van der Waals surface area contributed by atoms with Crippen molar-refractivity contribution in [2.24, 2.45) is 17.3 Å². The van der Waals surface area contributed by atoms with Gasteiger partial charge in [-0.3, -0.25) is 4.79 Å². The van der Waals surface area contributed by atoms with Gasteiger partial charge >= 0.3 is 0 Å². The molecule has 4 saturated carbocycles. The van der Waals surface area contributed by atoms with Gasteiger partial charge in [0, 0.05) is 17.5 Å². The fourth-order valence-electron chi connectivity index (χ4n) is 6.17. The third-order valence-electron chi connectivity index (χ3n) is 6.77. The molecule has 3 atom stereocenters. The molecule has 1 amide bonds. The van der Waals surface area contributed by atoms with Crippen LogP contribution in [0.3, 0.4) is 0 Å². The molecule has 6 heteroatoms. The smallest absolute Gasteiger partial charge is 0.226 e. The summed E-state index contributed by atoms with van der Waals surface area (Å²) in [5.41, 5.74) is 1.26. The molecular weight excluding hydrogens is 376 g/mol. The van der Waals surface area contributed by atoms with Gasteiger partial charge in [0.15, 0.2) is 0 Å². The highest BCUT2D eigenvalue weighted by Gasteiger charge is 2.60. The molecule has 2 heterocycles. The molecule has 144 valence electrons. The molecule has 0 aliphatic heterocycles. The summed E-state index contributed by atoms with van der Waals surface area (Å²) in [4.78, 5) is 18.2. The first-order valence-corrected chi connectivity index (χ1v) is 11.7. The highest BCUT2D eigenvalue weighted by molar-refractivity contribution is 7.09. The second-order valence-corrected chi connectivity index (χ2v) is 10.8. The van der Waals surface area contributed by atoms with E-state index in [1.165, 1.54) is 12.0 Å². The van der Waals surface area contributed by atoms with E-state index in [1.54, 1.807) is 22.7 Å². The standard InChI is InChI=1S/C21H26N2O2S2/c1-13-10-27-18(22-13)17(5-14-2-3-26-11-14)23-19(24)20-6-15-4-16(7-20)9-21(25,8-15)12-20/h2-3,10-11,15-17,25H,4-9,12H2,1H3,(H,23,24)/t15-,16-,17+,20?,21?/m1/s1. The number of aromatic nitrogens is 1. The zero-order valence-electron chi connectivity index (χ0n) is 15.6. The van der Waals surface area contributed by atoms with Gasteiger partial charge in [-0.15, -0.1) is 11.3 Å². The molecule has 0 unspecified atom stereocenters. The fourth-order valence-corrected chi connectivity index (χ4v) is 7.70. The summed E-state index contributed by atoms with van der Waals surface area (Å²) in [6.07, 6.45) is 6.28. The van der Waals surface area contributed by atoms with Gasteiger partial charge in [-0.2, -0.15) is 11.3 Å². The van der Waals surface area contributed by atoms with Crippen molar-refractivity contribution in [3.05, 3.63) is 38.5 Å². The normalized spacial score (nSPS) is 35.3. The summed E-state index contributed by atoms with van der Waals surface area (Å²) in [7, 11) is 0. The lowest BCUT2D eigenvalue weighted by molar-refractivity contribution is -0.178. The maximum Gasteiger partial charge on any atom is 0.226 e. The van der Waals surface area contributed by atoms with E-state index in [1.807, 2.05) is 6.92 Å². The lowest BCUT2D eigenvalue weighted by atomic mass is 9.47. The average molecular weight is 403 g/mol. The van der Waals surface area contributed by atoms with Crippen LogP contribution in [0.1, 0.15) is 60.8 Å². The summed E-state index contributed by atoms with van der Waals surface area (Å²) in [5.74, 6) is 1.17. The second-order valence-electron chi connectivity index (χ2n) is 9.15. The number of nitrogens with zero attached hydrogens (tertiary/aromatic N) is 1. The number of nitrogens with one attached hydrogen (secondary N) is 1. The summed E-state index contributed by atoms with van der Waals surface area (Å²) in [5, 5.41) is 21.6. The maximum atomic E-state index is 13.5. The van der Waals surface area contributed by atoms with Crippen LogP contribution in [0.4, 0.5) is 0 Å². The monoisotopic (exact) mass is 402 g/mol. The Hall–Kier alpha value is -1.24. The number of thiazole rings is 1. The number of carbonyl (C=O) groups excluding carboxylic acids is 1. The topological polar surface area (TPSA) is 62.2 Å². The van der Waals surface area contributed by atoms with Crippen LogP contribution >= 0.6 is 22.7 Å². The molecule has 6 rings (SSSR count). The molecule has 2 aromatic rings. The number of hydrogen-bond acceptors (Lipinski definition) is 5. The number of aryl methyl sites for hydroxylation is 1. The number of thiophene rings is 1. The predicted octanol–water partition coefficient (Wildman–Crippen LogP) is 4.24. The quantitative estimate of drug-likeness (QED) is 0.786. The fraction of sp³-hybridized carbons (Fsp3) is 0.619. The third kappa shape index (κ3) is 3.26. The number of hydrogen-bond donors (Lipinski definition) is 2. The molecule has 4 aliphatic carbocycles. The number of rotatable bonds is 5. The minimum absolute atomic E-state index is 0.0894. The maximum absolute atomic E-state index is 13.5. The van der Waals surface area contributed by atoms with Crippen molar-refractivity contribution >= 4 is 28.6 Å². The first-order chi connectivity index (χ1) is 12.9. The van der Waals surface area contributed by atoms with Gasteiger partial charge in [0.05, 0.1) is 17.1 Å². The van der Waals surface area contributed by atoms with Crippen LogP contribution < -0.4 is 5.32 Å². The molecule has 4 aliphatic rings. The van der Waals surface area contributed by atoms with Gasteiger partial charge < -0.3 is 10.4 Å². The van der Waals surface area contributed by atoms with Crippen molar-refractivity contribution in [3.8, 4) is 0 Å². The summed E-state index contributed by atoms with van der Waals surface area (Å²) in [6.45, 7) is 2.00. The van der Waals surface area contributed by atoms with Crippen LogP contribution in [0.15, 0.2) is 22.2 Å². The largest absolute Gasteiger partial charge is 0.390 e. The van der Waals surface area contributed by atoms with Crippen LogP contribution in [0, 0.1) is 24.2 Å². The van der Waals surface area contributed by atoms with Gasteiger partial charge in [-0.1, -0.05) is 0 Å². The van der Waals surface area contributed by atoms with Crippen molar-refractivity contribution in [1.29, 1.82) is 0 Å². The molecule has 2 aromatic heterocycles. The van der Waals surface area contributed by atoms with E-state index in [2.05, 4.69) is 32.5 Å². The van der Waals surface area contributed by atoms with Crippen molar-refractivity contribution < 1.29 is 9.90 Å². The van der Waals surface area contributed by atoms with Crippen LogP contribution in [-0.4, -0.2) is 21.6 Å². The molecule has 0 saturated heterocycles. The first kappa shape index (κ1) is 17.8. The highest BCUT2D eigenvalue weighted by Crippen LogP contribution is 2.61. The Morgan fingerprint density at radius 3 is 2.70 bits per heavy atom. The van der Waals surface area contributed by atoms with Crippen LogP contribution in [-0.2, 0) is 11.2 Å². The van der Waals surface area contributed by atoms with Crippen molar-refractivity contribution in [3.63, 3.8) is 0 Å². The van der Waals surface area contributed by atoms with Gasteiger partial charge in [-0.05, 0) is 79.7 Å². The molecule has 0 radical (unpaired) electrons. The lowest BCUT2D eigenvalue weighted by Crippen LogP contribution is -2.60. The van der Waals surface area contributed by atoms with E-state index < -0.39 is 5.60 Å². The molecule has 2 N–H and O–H groups in total. The minimum Gasteiger partial charge on any atom is -0.390 e. The zero-order chi connectivity index (χ0) is 18.6.